The zero-order valence-electron chi connectivity index (χ0n) is 15.9. The Balaban J connectivity index is 1.42. The molecule has 3 heterocycles. The lowest BCUT2D eigenvalue weighted by Crippen LogP contribution is -2.26. The Hall–Kier alpha value is -4.05. The summed E-state index contributed by atoms with van der Waals surface area (Å²) in [5, 5.41) is 16.6. The van der Waals surface area contributed by atoms with E-state index in [2.05, 4.69) is 16.5 Å². The predicted molar refractivity (Wildman–Crippen MR) is 107 cm³/mol. The van der Waals surface area contributed by atoms with Crippen molar-refractivity contribution < 1.29 is 9.21 Å². The van der Waals surface area contributed by atoms with Crippen molar-refractivity contribution in [3.63, 3.8) is 0 Å². The molecule has 4 aromatic rings. The van der Waals surface area contributed by atoms with Gasteiger partial charge in [0, 0.05) is 31.3 Å². The van der Waals surface area contributed by atoms with Gasteiger partial charge < -0.3 is 9.73 Å². The second kappa shape index (κ2) is 7.90. The predicted octanol–water partition coefficient (Wildman–Crippen LogP) is 3.41. The van der Waals surface area contributed by atoms with Gasteiger partial charge in [0.15, 0.2) is 0 Å². The largest absolute Gasteiger partial charge is 0.443 e. The van der Waals surface area contributed by atoms with Gasteiger partial charge in [-0.1, -0.05) is 12.1 Å². The van der Waals surface area contributed by atoms with Gasteiger partial charge >= 0.3 is 0 Å². The van der Waals surface area contributed by atoms with Crippen LogP contribution in [0.4, 0.5) is 0 Å². The summed E-state index contributed by atoms with van der Waals surface area (Å²) in [6.07, 6.45) is 7.84. The Morgan fingerprint density at radius 2 is 1.93 bits per heavy atom. The third-order valence-corrected chi connectivity index (χ3v) is 4.65. The number of nitrogens with one attached hydrogen (secondary N) is 1. The Labute approximate surface area is 167 Å². The average molecular weight is 385 g/mol. The molecular formula is C22H19N5O2. The summed E-state index contributed by atoms with van der Waals surface area (Å²) in [6, 6.07) is 15.6. The molecule has 0 unspecified atom stereocenters. The maximum absolute atomic E-state index is 12.7. The second-order valence-corrected chi connectivity index (χ2v) is 6.54. The standard InChI is InChI=1S/C22H19N5O2/c1-16-20(19(15-23)22(29-16)26-12-2-3-13-26)21(28)24-11-9-17-5-7-18(8-6-17)27-14-4-10-25-27/h2-8,10,12-14H,9,11H2,1H3,(H,24,28). The fraction of sp³-hybridized carbons (Fsp3) is 0.136. The van der Waals surface area contributed by atoms with Crippen LogP contribution in [0.15, 0.2) is 71.7 Å². The number of carbonyl (C=O) groups excluding carboxylic acids is 1. The minimum Gasteiger partial charge on any atom is -0.443 e. The maximum atomic E-state index is 12.7. The van der Waals surface area contributed by atoms with Crippen LogP contribution in [0.3, 0.4) is 0 Å². The average Bonchev–Trinajstić information content (AvgIpc) is 3.49. The molecule has 0 aliphatic rings. The Bertz CT molecular complexity index is 1150. The molecule has 0 bridgehead atoms. The molecule has 1 amide bonds. The number of furan rings is 1. The zero-order valence-corrected chi connectivity index (χ0v) is 15.9. The highest BCUT2D eigenvalue weighted by Crippen LogP contribution is 2.25. The van der Waals surface area contributed by atoms with E-state index in [0.717, 1.165) is 11.3 Å². The molecule has 0 aliphatic carbocycles. The Kier molecular flexibility index (Phi) is 4.99. The van der Waals surface area contributed by atoms with Gasteiger partial charge in [-0.25, -0.2) is 4.68 Å². The van der Waals surface area contributed by atoms with Gasteiger partial charge in [0.05, 0.1) is 5.69 Å². The minimum absolute atomic E-state index is 0.236. The monoisotopic (exact) mass is 385 g/mol. The first kappa shape index (κ1) is 18.3. The molecule has 1 aromatic carbocycles. The third-order valence-electron chi connectivity index (χ3n) is 4.65. The van der Waals surface area contributed by atoms with Gasteiger partial charge in [-0.3, -0.25) is 9.36 Å². The summed E-state index contributed by atoms with van der Waals surface area (Å²) < 4.78 is 9.16. The van der Waals surface area contributed by atoms with E-state index in [1.165, 1.54) is 0 Å². The van der Waals surface area contributed by atoms with Crippen molar-refractivity contribution in [3.05, 3.63) is 89.7 Å². The van der Waals surface area contributed by atoms with Gasteiger partial charge in [0.2, 0.25) is 5.88 Å². The molecule has 3 aromatic heterocycles. The molecule has 0 saturated heterocycles. The van der Waals surface area contributed by atoms with Crippen LogP contribution in [0.5, 0.6) is 0 Å². The van der Waals surface area contributed by atoms with Gasteiger partial charge in [0.25, 0.3) is 5.91 Å². The fourth-order valence-electron chi connectivity index (χ4n) is 3.20. The number of aromatic nitrogens is 3. The van der Waals surface area contributed by atoms with Crippen LogP contribution in [-0.4, -0.2) is 26.8 Å². The van der Waals surface area contributed by atoms with Gasteiger partial charge in [0.1, 0.15) is 23.0 Å². The molecule has 0 atom stereocenters. The number of nitrogens with zero attached hydrogens (tertiary/aromatic N) is 4. The van der Waals surface area contributed by atoms with Gasteiger partial charge in [-0.2, -0.15) is 10.4 Å². The molecule has 0 aliphatic heterocycles. The molecule has 144 valence electrons. The smallest absolute Gasteiger partial charge is 0.256 e. The van der Waals surface area contributed by atoms with E-state index in [0.29, 0.717) is 24.6 Å². The van der Waals surface area contributed by atoms with Crippen LogP contribution in [-0.2, 0) is 6.42 Å². The number of carbonyl (C=O) groups is 1. The lowest BCUT2D eigenvalue weighted by Gasteiger charge is -2.06. The highest BCUT2D eigenvalue weighted by atomic mass is 16.4. The van der Waals surface area contributed by atoms with Crippen molar-refractivity contribution in [1.82, 2.24) is 19.7 Å². The van der Waals surface area contributed by atoms with Crippen LogP contribution < -0.4 is 5.32 Å². The molecule has 1 N–H and O–H groups in total. The first-order chi connectivity index (χ1) is 14.2. The molecule has 0 saturated carbocycles. The number of nitriles is 1. The summed E-state index contributed by atoms with van der Waals surface area (Å²) >= 11 is 0. The van der Waals surface area contributed by atoms with E-state index in [9.17, 15) is 10.1 Å². The lowest BCUT2D eigenvalue weighted by atomic mass is 10.1. The van der Waals surface area contributed by atoms with Crippen molar-refractivity contribution in [1.29, 1.82) is 5.26 Å². The number of hydrogen-bond acceptors (Lipinski definition) is 4. The molecule has 7 heteroatoms. The maximum Gasteiger partial charge on any atom is 0.256 e. The quantitative estimate of drug-likeness (QED) is 0.551. The molecule has 0 radical (unpaired) electrons. The fourth-order valence-corrected chi connectivity index (χ4v) is 3.20. The summed E-state index contributed by atoms with van der Waals surface area (Å²) in [7, 11) is 0. The molecule has 4 rings (SSSR count). The van der Waals surface area contributed by atoms with Gasteiger partial charge in [-0.05, 0) is 49.2 Å². The van der Waals surface area contributed by atoms with E-state index < -0.39 is 0 Å². The Morgan fingerprint density at radius 1 is 1.17 bits per heavy atom. The number of aryl methyl sites for hydroxylation is 1. The van der Waals surface area contributed by atoms with Crippen LogP contribution in [0.25, 0.3) is 11.6 Å². The van der Waals surface area contributed by atoms with Crippen molar-refractivity contribution >= 4 is 5.91 Å². The van der Waals surface area contributed by atoms with Crippen LogP contribution >= 0.6 is 0 Å². The van der Waals surface area contributed by atoms with Crippen LogP contribution in [0.2, 0.25) is 0 Å². The van der Waals surface area contributed by atoms with Crippen LogP contribution in [0, 0.1) is 18.3 Å². The summed E-state index contributed by atoms with van der Waals surface area (Å²) in [5.74, 6) is 0.468. The minimum atomic E-state index is -0.311. The lowest BCUT2D eigenvalue weighted by molar-refractivity contribution is 0.0952. The first-order valence-corrected chi connectivity index (χ1v) is 9.21. The number of benzene rings is 1. The van der Waals surface area contributed by atoms with E-state index in [4.69, 9.17) is 4.42 Å². The normalized spacial score (nSPS) is 10.6. The number of hydrogen-bond donors (Lipinski definition) is 1. The molecular weight excluding hydrogens is 366 g/mol. The van der Waals surface area contributed by atoms with E-state index in [-0.39, 0.29) is 17.0 Å². The van der Waals surface area contributed by atoms with Crippen molar-refractivity contribution in [2.24, 2.45) is 0 Å². The highest BCUT2D eigenvalue weighted by Gasteiger charge is 2.24. The highest BCUT2D eigenvalue weighted by molar-refractivity contribution is 5.98. The summed E-state index contributed by atoms with van der Waals surface area (Å²) in [4.78, 5) is 12.7. The van der Waals surface area contributed by atoms with Crippen LogP contribution in [0.1, 0.15) is 27.2 Å². The van der Waals surface area contributed by atoms with E-state index in [1.807, 2.05) is 48.7 Å². The molecule has 7 nitrogen and oxygen atoms in total. The molecule has 0 fully saturated rings. The first-order valence-electron chi connectivity index (χ1n) is 9.21. The number of amides is 1. The van der Waals surface area contributed by atoms with Gasteiger partial charge in [-0.15, -0.1) is 0 Å². The molecule has 0 spiro atoms. The second-order valence-electron chi connectivity index (χ2n) is 6.54. The number of rotatable bonds is 6. The molecule has 29 heavy (non-hydrogen) atoms. The SMILES string of the molecule is Cc1oc(-n2cccc2)c(C#N)c1C(=O)NCCc1ccc(-n2cccn2)cc1. The third kappa shape index (κ3) is 3.69. The van der Waals surface area contributed by atoms with E-state index in [1.54, 1.807) is 34.8 Å². The zero-order chi connectivity index (χ0) is 20.2. The van der Waals surface area contributed by atoms with E-state index >= 15 is 0 Å². The summed E-state index contributed by atoms with van der Waals surface area (Å²) in [6.45, 7) is 2.14. The van der Waals surface area contributed by atoms with Crippen molar-refractivity contribution in [2.75, 3.05) is 6.54 Å². The summed E-state index contributed by atoms with van der Waals surface area (Å²) in [5.41, 5.74) is 2.59. The topological polar surface area (TPSA) is 88.8 Å². The van der Waals surface area contributed by atoms with Crippen molar-refractivity contribution in [3.8, 4) is 17.6 Å². The Morgan fingerprint density at radius 3 is 2.59 bits per heavy atom. The van der Waals surface area contributed by atoms with Crippen molar-refractivity contribution in [2.45, 2.75) is 13.3 Å².